The van der Waals surface area contributed by atoms with Gasteiger partial charge < -0.3 is 15.0 Å². The molecule has 5 nitrogen and oxygen atoms in total. The van der Waals surface area contributed by atoms with E-state index in [1.54, 1.807) is 0 Å². The number of nitrogens with zero attached hydrogens (tertiary/aromatic N) is 2. The molecule has 3 aliphatic rings. The van der Waals surface area contributed by atoms with E-state index in [1.165, 1.54) is 22.4 Å². The number of hydrogen-bond donors (Lipinski definition) is 1. The van der Waals surface area contributed by atoms with Crippen molar-refractivity contribution < 1.29 is 9.53 Å². The van der Waals surface area contributed by atoms with Crippen molar-refractivity contribution in [2.75, 3.05) is 39.3 Å². The average Bonchev–Trinajstić information content (AvgIpc) is 2.85. The van der Waals surface area contributed by atoms with Gasteiger partial charge in [0.2, 0.25) is 0 Å². The summed E-state index contributed by atoms with van der Waals surface area (Å²) in [4.78, 5) is 16.3. The van der Waals surface area contributed by atoms with E-state index >= 15 is 0 Å². The second-order valence-electron chi connectivity index (χ2n) is 7.19. The van der Waals surface area contributed by atoms with Crippen LogP contribution in [-0.2, 0) is 11.2 Å². The van der Waals surface area contributed by atoms with Crippen molar-refractivity contribution in [3.05, 3.63) is 57.8 Å². The third-order valence-electron chi connectivity index (χ3n) is 5.62. The Balaban J connectivity index is 1.63. The van der Waals surface area contributed by atoms with E-state index in [4.69, 9.17) is 16.3 Å². The summed E-state index contributed by atoms with van der Waals surface area (Å²) in [5.41, 5.74) is 5.34. The van der Waals surface area contributed by atoms with Crippen molar-refractivity contribution in [3.8, 4) is 0 Å². The number of aryl methyl sites for hydroxylation is 1. The second-order valence-corrected chi connectivity index (χ2v) is 7.63. The summed E-state index contributed by atoms with van der Waals surface area (Å²) < 4.78 is 5.16. The van der Waals surface area contributed by atoms with Crippen LogP contribution < -0.4 is 5.32 Å². The maximum Gasteiger partial charge on any atom is 0.409 e. The van der Waals surface area contributed by atoms with Crippen molar-refractivity contribution in [2.45, 2.75) is 25.8 Å². The molecule has 0 unspecified atom stereocenters. The van der Waals surface area contributed by atoms with E-state index < -0.39 is 0 Å². The highest BCUT2D eigenvalue weighted by molar-refractivity contribution is 6.30. The Morgan fingerprint density at radius 2 is 2.07 bits per heavy atom. The van der Waals surface area contributed by atoms with Crippen LogP contribution in [0.25, 0.3) is 0 Å². The summed E-state index contributed by atoms with van der Waals surface area (Å²) in [5, 5.41) is 4.43. The standard InChI is InChI=1S/C21H26ClN3O2/c1-2-27-21(26)25-12-10-24(11-13-25)20-18-8-7-17(22)14-16(18)6-5-15-4-3-9-23-19(15)20/h3-4,7-8,14,20,23H,2,5-6,9-13H2,1H3/t20-/m1/s1. The average molecular weight is 388 g/mol. The minimum absolute atomic E-state index is 0.184. The number of hydrogen-bond acceptors (Lipinski definition) is 4. The quantitative estimate of drug-likeness (QED) is 0.843. The highest BCUT2D eigenvalue weighted by atomic mass is 35.5. The van der Waals surface area contributed by atoms with Crippen LogP contribution in [0, 0.1) is 0 Å². The van der Waals surface area contributed by atoms with E-state index in [9.17, 15) is 4.79 Å². The van der Waals surface area contributed by atoms with Gasteiger partial charge in [-0.1, -0.05) is 29.8 Å². The normalized spacial score (nSPS) is 22.6. The van der Waals surface area contributed by atoms with Crippen LogP contribution in [0.1, 0.15) is 30.5 Å². The van der Waals surface area contributed by atoms with Gasteiger partial charge in [0.15, 0.2) is 0 Å². The topological polar surface area (TPSA) is 44.8 Å². The molecule has 1 N–H and O–H groups in total. The lowest BCUT2D eigenvalue weighted by Gasteiger charge is -2.41. The van der Waals surface area contributed by atoms with E-state index in [1.807, 2.05) is 17.9 Å². The van der Waals surface area contributed by atoms with Crippen molar-refractivity contribution in [1.82, 2.24) is 15.1 Å². The van der Waals surface area contributed by atoms with Crippen LogP contribution in [0.4, 0.5) is 4.79 Å². The Hall–Kier alpha value is -1.98. The summed E-state index contributed by atoms with van der Waals surface area (Å²) in [6.45, 7) is 6.16. The van der Waals surface area contributed by atoms with E-state index in [0.29, 0.717) is 19.7 Å². The number of nitrogens with one attached hydrogen (secondary N) is 1. The summed E-state index contributed by atoms with van der Waals surface area (Å²) in [6, 6.07) is 6.47. The lowest BCUT2D eigenvalue weighted by Crippen LogP contribution is -2.51. The predicted octanol–water partition coefficient (Wildman–Crippen LogP) is 3.51. The van der Waals surface area contributed by atoms with Crippen LogP contribution in [-0.4, -0.2) is 55.2 Å². The summed E-state index contributed by atoms with van der Waals surface area (Å²) in [7, 11) is 0. The zero-order valence-electron chi connectivity index (χ0n) is 15.7. The van der Waals surface area contributed by atoms with Crippen LogP contribution in [0.15, 0.2) is 41.6 Å². The fraction of sp³-hybridized carbons (Fsp3) is 0.476. The first-order valence-corrected chi connectivity index (χ1v) is 10.1. The number of halogens is 1. The number of rotatable bonds is 2. The van der Waals surface area contributed by atoms with Crippen molar-refractivity contribution in [2.24, 2.45) is 0 Å². The molecule has 2 heterocycles. The van der Waals surface area contributed by atoms with Gasteiger partial charge in [0.1, 0.15) is 0 Å². The SMILES string of the molecule is CCOC(=O)N1CCN([C@H]2C3=C(C=CCN3)CCc3cc(Cl)ccc32)CC1. The minimum Gasteiger partial charge on any atom is -0.450 e. The third kappa shape index (κ3) is 3.71. The Morgan fingerprint density at radius 1 is 1.26 bits per heavy atom. The number of carbonyl (C=O) groups excluding carboxylic acids is 1. The Kier molecular flexibility index (Phi) is 5.41. The largest absolute Gasteiger partial charge is 0.450 e. The molecule has 0 aromatic heterocycles. The zero-order valence-corrected chi connectivity index (χ0v) is 16.5. The molecule has 0 saturated carbocycles. The lowest BCUT2D eigenvalue weighted by atomic mass is 9.95. The van der Waals surface area contributed by atoms with Crippen LogP contribution in [0.3, 0.4) is 0 Å². The molecular weight excluding hydrogens is 362 g/mol. The van der Waals surface area contributed by atoms with Gasteiger partial charge in [-0.05, 0) is 48.6 Å². The number of piperazine rings is 1. The molecule has 0 radical (unpaired) electrons. The second kappa shape index (κ2) is 7.95. The van der Waals surface area contributed by atoms with Gasteiger partial charge >= 0.3 is 6.09 Å². The smallest absolute Gasteiger partial charge is 0.409 e. The number of carbonyl (C=O) groups is 1. The number of fused-ring (bicyclic) bond motifs is 1. The van der Waals surface area contributed by atoms with Gasteiger partial charge in [-0.25, -0.2) is 4.79 Å². The van der Waals surface area contributed by atoms with Crippen LogP contribution in [0.2, 0.25) is 5.02 Å². The molecule has 1 aromatic rings. The van der Waals surface area contributed by atoms with Gasteiger partial charge in [0.05, 0.1) is 12.6 Å². The van der Waals surface area contributed by atoms with Gasteiger partial charge in [-0.2, -0.15) is 0 Å². The number of allylic oxidation sites excluding steroid dienone is 2. The summed E-state index contributed by atoms with van der Waals surface area (Å²) in [6.07, 6.45) is 6.27. The van der Waals surface area contributed by atoms with Crippen LogP contribution >= 0.6 is 11.6 Å². The number of benzene rings is 1. The first-order valence-electron chi connectivity index (χ1n) is 9.75. The molecule has 1 amide bonds. The monoisotopic (exact) mass is 387 g/mol. The van der Waals surface area contributed by atoms with E-state index in [0.717, 1.165) is 37.5 Å². The van der Waals surface area contributed by atoms with Gasteiger partial charge in [-0.15, -0.1) is 0 Å². The van der Waals surface area contributed by atoms with Gasteiger partial charge in [-0.3, -0.25) is 4.90 Å². The van der Waals surface area contributed by atoms with Crippen molar-refractivity contribution >= 4 is 17.7 Å². The van der Waals surface area contributed by atoms with Crippen molar-refractivity contribution in [1.29, 1.82) is 0 Å². The first-order chi connectivity index (χ1) is 13.2. The fourth-order valence-electron chi connectivity index (χ4n) is 4.30. The van der Waals surface area contributed by atoms with Crippen LogP contribution in [0.5, 0.6) is 0 Å². The predicted molar refractivity (Wildman–Crippen MR) is 107 cm³/mol. The van der Waals surface area contributed by atoms with Gasteiger partial charge in [0, 0.05) is 43.4 Å². The Labute approximate surface area is 165 Å². The number of ether oxygens (including phenoxy) is 1. The Morgan fingerprint density at radius 3 is 2.85 bits per heavy atom. The molecule has 0 spiro atoms. The highest BCUT2D eigenvalue weighted by Crippen LogP contribution is 2.38. The molecule has 1 atom stereocenters. The number of dihydropyridines is 1. The van der Waals surface area contributed by atoms with E-state index in [2.05, 4.69) is 34.5 Å². The molecule has 1 aliphatic carbocycles. The van der Waals surface area contributed by atoms with E-state index in [-0.39, 0.29) is 12.1 Å². The highest BCUT2D eigenvalue weighted by Gasteiger charge is 2.34. The molecule has 144 valence electrons. The molecule has 2 aliphatic heterocycles. The molecule has 0 bridgehead atoms. The maximum absolute atomic E-state index is 12.0. The molecule has 1 aromatic carbocycles. The molecular formula is C21H26ClN3O2. The molecule has 4 rings (SSSR count). The summed E-state index contributed by atoms with van der Waals surface area (Å²) >= 11 is 6.29. The summed E-state index contributed by atoms with van der Waals surface area (Å²) in [5.74, 6) is 0. The first kappa shape index (κ1) is 18.4. The molecule has 6 heteroatoms. The zero-order chi connectivity index (χ0) is 18.8. The lowest BCUT2D eigenvalue weighted by molar-refractivity contribution is 0.0700. The van der Waals surface area contributed by atoms with Gasteiger partial charge in [0.25, 0.3) is 0 Å². The molecule has 1 fully saturated rings. The molecule has 1 saturated heterocycles. The number of amides is 1. The maximum atomic E-state index is 12.0. The fourth-order valence-corrected chi connectivity index (χ4v) is 4.50. The third-order valence-corrected chi connectivity index (χ3v) is 5.85. The molecule has 27 heavy (non-hydrogen) atoms. The Bertz CT molecular complexity index is 782. The minimum atomic E-state index is -0.205. The van der Waals surface area contributed by atoms with Crippen molar-refractivity contribution in [3.63, 3.8) is 0 Å².